The van der Waals surface area contributed by atoms with E-state index in [0.717, 1.165) is 6.07 Å². The lowest BCUT2D eigenvalue weighted by atomic mass is 10.2. The third-order valence-electron chi connectivity index (χ3n) is 1.39. The second-order valence-corrected chi connectivity index (χ2v) is 3.46. The van der Waals surface area contributed by atoms with Gasteiger partial charge in [0.25, 0.3) is 6.43 Å². The third kappa shape index (κ3) is 2.14. The lowest BCUT2D eigenvalue weighted by Gasteiger charge is -2.05. The molecule has 0 fully saturated rings. The number of aromatic carboxylic acids is 1. The quantitative estimate of drug-likeness (QED) is 0.673. The molecule has 1 N–H and O–H groups in total. The maximum absolute atomic E-state index is 12.6. The van der Waals surface area contributed by atoms with E-state index in [4.69, 9.17) is 5.11 Å². The zero-order valence-corrected chi connectivity index (χ0v) is 8.63. The van der Waals surface area contributed by atoms with Gasteiger partial charge in [-0.3, -0.25) is 0 Å². The zero-order valence-electron chi connectivity index (χ0n) is 6.47. The standard InChI is InChI=1S/C7H3F3INO2/c8-3-1-2(11)4(7(13)14)5(12-3)6(9)10/h1,6H,(H,13,14). The summed E-state index contributed by atoms with van der Waals surface area (Å²) in [5, 5.41) is 8.59. The Morgan fingerprint density at radius 2 is 2.14 bits per heavy atom. The molecule has 0 aliphatic rings. The first kappa shape index (κ1) is 11.2. The van der Waals surface area contributed by atoms with Gasteiger partial charge in [-0.2, -0.15) is 4.39 Å². The lowest BCUT2D eigenvalue weighted by Crippen LogP contribution is -2.09. The minimum Gasteiger partial charge on any atom is -0.478 e. The van der Waals surface area contributed by atoms with Crippen molar-refractivity contribution in [1.82, 2.24) is 4.98 Å². The number of hydrogen-bond acceptors (Lipinski definition) is 2. The highest BCUT2D eigenvalue weighted by Gasteiger charge is 2.23. The second kappa shape index (κ2) is 4.11. The topological polar surface area (TPSA) is 50.2 Å². The first-order chi connectivity index (χ1) is 6.43. The van der Waals surface area contributed by atoms with Crippen molar-refractivity contribution in [3.05, 3.63) is 26.8 Å². The van der Waals surface area contributed by atoms with E-state index in [1.807, 2.05) is 0 Å². The Hall–Kier alpha value is -0.860. The summed E-state index contributed by atoms with van der Waals surface area (Å²) in [5.74, 6) is -2.66. The number of aromatic nitrogens is 1. The van der Waals surface area contributed by atoms with Gasteiger partial charge in [0, 0.05) is 9.64 Å². The summed E-state index contributed by atoms with van der Waals surface area (Å²) in [5.41, 5.74) is -1.69. The number of carbonyl (C=O) groups is 1. The number of hydrogen-bond donors (Lipinski definition) is 1. The average molecular weight is 317 g/mol. The van der Waals surface area contributed by atoms with E-state index >= 15 is 0 Å². The van der Waals surface area contributed by atoms with Gasteiger partial charge in [0.1, 0.15) is 11.3 Å². The Kier molecular flexibility index (Phi) is 3.29. The lowest BCUT2D eigenvalue weighted by molar-refractivity contribution is 0.0680. The first-order valence-electron chi connectivity index (χ1n) is 3.31. The van der Waals surface area contributed by atoms with Gasteiger partial charge in [-0.05, 0) is 22.6 Å². The molecule has 1 rings (SSSR count). The molecule has 3 nitrogen and oxygen atoms in total. The summed E-state index contributed by atoms with van der Waals surface area (Å²) in [7, 11) is 0. The maximum Gasteiger partial charge on any atom is 0.338 e. The molecule has 0 radical (unpaired) electrons. The van der Waals surface area contributed by atoms with Crippen LogP contribution in [0.4, 0.5) is 13.2 Å². The van der Waals surface area contributed by atoms with Gasteiger partial charge in [-0.1, -0.05) is 0 Å². The van der Waals surface area contributed by atoms with Crippen molar-refractivity contribution < 1.29 is 23.1 Å². The summed E-state index contributed by atoms with van der Waals surface area (Å²) >= 11 is 1.47. The van der Waals surface area contributed by atoms with Crippen LogP contribution in [0.25, 0.3) is 0 Å². The molecule has 0 aromatic carbocycles. The number of alkyl halides is 2. The fourth-order valence-corrected chi connectivity index (χ4v) is 1.64. The van der Waals surface area contributed by atoms with Crippen LogP contribution in [0.1, 0.15) is 22.5 Å². The average Bonchev–Trinajstić information content (AvgIpc) is 2.01. The Morgan fingerprint density at radius 1 is 1.57 bits per heavy atom. The highest BCUT2D eigenvalue weighted by molar-refractivity contribution is 14.1. The molecule has 1 aromatic rings. The Morgan fingerprint density at radius 3 is 2.57 bits per heavy atom. The number of rotatable bonds is 2. The van der Waals surface area contributed by atoms with Gasteiger partial charge >= 0.3 is 5.97 Å². The second-order valence-electron chi connectivity index (χ2n) is 2.29. The fourth-order valence-electron chi connectivity index (χ4n) is 0.872. The predicted octanol–water partition coefficient (Wildman–Crippen LogP) is 2.46. The normalized spacial score (nSPS) is 10.6. The smallest absolute Gasteiger partial charge is 0.338 e. The summed E-state index contributed by atoms with van der Waals surface area (Å²) < 4.78 is 37.0. The number of pyridine rings is 1. The molecule has 0 saturated carbocycles. The zero-order chi connectivity index (χ0) is 10.9. The SMILES string of the molecule is O=C(O)c1c(I)cc(F)nc1C(F)F. The summed E-state index contributed by atoms with van der Waals surface area (Å²) in [6, 6.07) is 0.788. The molecule has 0 amide bonds. The number of nitrogens with zero attached hydrogens (tertiary/aromatic N) is 1. The van der Waals surface area contributed by atoms with Gasteiger partial charge in [-0.15, -0.1) is 0 Å². The van der Waals surface area contributed by atoms with E-state index in [0.29, 0.717) is 0 Å². The minimum absolute atomic E-state index is 0.0992. The number of halogens is 4. The van der Waals surface area contributed by atoms with E-state index in [2.05, 4.69) is 4.98 Å². The van der Waals surface area contributed by atoms with Gasteiger partial charge in [-0.25, -0.2) is 18.6 Å². The Labute approximate surface area is 90.1 Å². The van der Waals surface area contributed by atoms with Crippen molar-refractivity contribution in [3.63, 3.8) is 0 Å². The van der Waals surface area contributed by atoms with Crippen molar-refractivity contribution >= 4 is 28.6 Å². The van der Waals surface area contributed by atoms with Crippen molar-refractivity contribution in [2.75, 3.05) is 0 Å². The molecular formula is C7H3F3INO2. The van der Waals surface area contributed by atoms with Gasteiger partial charge in [0.15, 0.2) is 0 Å². The molecule has 0 aliphatic heterocycles. The van der Waals surface area contributed by atoms with Crippen LogP contribution >= 0.6 is 22.6 Å². The number of carboxylic acid groups (broad SMARTS) is 1. The molecule has 0 saturated heterocycles. The summed E-state index contributed by atoms with van der Waals surface area (Å²) in [6.45, 7) is 0. The van der Waals surface area contributed by atoms with E-state index in [9.17, 15) is 18.0 Å². The van der Waals surface area contributed by atoms with Crippen molar-refractivity contribution in [3.8, 4) is 0 Å². The monoisotopic (exact) mass is 317 g/mol. The van der Waals surface area contributed by atoms with E-state index < -0.39 is 29.6 Å². The molecule has 1 heterocycles. The first-order valence-corrected chi connectivity index (χ1v) is 4.38. The molecular weight excluding hydrogens is 314 g/mol. The van der Waals surface area contributed by atoms with E-state index in [1.54, 1.807) is 0 Å². The molecule has 0 atom stereocenters. The molecule has 76 valence electrons. The van der Waals surface area contributed by atoms with Gasteiger partial charge < -0.3 is 5.11 Å². The van der Waals surface area contributed by atoms with Crippen molar-refractivity contribution in [2.45, 2.75) is 6.43 Å². The summed E-state index contributed by atoms with van der Waals surface area (Å²) in [4.78, 5) is 13.4. The largest absolute Gasteiger partial charge is 0.478 e. The fraction of sp³-hybridized carbons (Fsp3) is 0.143. The molecule has 1 aromatic heterocycles. The third-order valence-corrected chi connectivity index (χ3v) is 2.24. The maximum atomic E-state index is 12.6. The minimum atomic E-state index is -3.11. The molecule has 14 heavy (non-hydrogen) atoms. The predicted molar refractivity (Wildman–Crippen MR) is 48.8 cm³/mol. The van der Waals surface area contributed by atoms with Crippen LogP contribution in [-0.2, 0) is 0 Å². The van der Waals surface area contributed by atoms with Gasteiger partial charge in [0.2, 0.25) is 5.95 Å². The highest BCUT2D eigenvalue weighted by atomic mass is 127. The van der Waals surface area contributed by atoms with Gasteiger partial charge in [0.05, 0.1) is 0 Å². The van der Waals surface area contributed by atoms with Crippen LogP contribution < -0.4 is 0 Å². The summed E-state index contributed by atoms with van der Waals surface area (Å²) in [6.07, 6.45) is -3.11. The van der Waals surface area contributed by atoms with E-state index in [1.165, 1.54) is 22.6 Å². The Bertz CT molecular complexity index is 383. The van der Waals surface area contributed by atoms with Crippen LogP contribution in [0.15, 0.2) is 6.07 Å². The molecule has 0 spiro atoms. The van der Waals surface area contributed by atoms with Crippen LogP contribution in [0, 0.1) is 9.52 Å². The van der Waals surface area contributed by atoms with E-state index in [-0.39, 0.29) is 3.57 Å². The Balaban J connectivity index is 3.44. The van der Waals surface area contributed by atoms with Crippen LogP contribution in [-0.4, -0.2) is 16.1 Å². The molecule has 0 aliphatic carbocycles. The molecule has 7 heteroatoms. The van der Waals surface area contributed by atoms with Crippen molar-refractivity contribution in [2.24, 2.45) is 0 Å². The van der Waals surface area contributed by atoms with Crippen LogP contribution in [0.2, 0.25) is 0 Å². The van der Waals surface area contributed by atoms with Crippen molar-refractivity contribution in [1.29, 1.82) is 0 Å². The molecule has 0 bridgehead atoms. The van der Waals surface area contributed by atoms with Crippen LogP contribution in [0.5, 0.6) is 0 Å². The van der Waals surface area contributed by atoms with Crippen LogP contribution in [0.3, 0.4) is 0 Å². The highest BCUT2D eigenvalue weighted by Crippen LogP contribution is 2.25. The molecule has 0 unspecified atom stereocenters. The number of carboxylic acids is 1.